The van der Waals surface area contributed by atoms with E-state index < -0.39 is 17.3 Å². The first kappa shape index (κ1) is 24.4. The van der Waals surface area contributed by atoms with Crippen LogP contribution in [0.15, 0.2) is 66.9 Å². The van der Waals surface area contributed by atoms with Crippen molar-refractivity contribution in [2.24, 2.45) is 0 Å². The van der Waals surface area contributed by atoms with Crippen LogP contribution in [0.1, 0.15) is 56.3 Å². The van der Waals surface area contributed by atoms with Gasteiger partial charge in [-0.15, -0.1) is 0 Å². The van der Waals surface area contributed by atoms with Gasteiger partial charge in [-0.2, -0.15) is 5.26 Å². The average molecular weight is 474 g/mol. The Morgan fingerprint density at radius 3 is 2.40 bits per heavy atom. The van der Waals surface area contributed by atoms with Crippen molar-refractivity contribution in [2.75, 3.05) is 6.54 Å². The highest BCUT2D eigenvalue weighted by Gasteiger charge is 2.46. The largest absolute Gasteiger partial charge is 0.438 e. The minimum Gasteiger partial charge on any atom is -0.438 e. The van der Waals surface area contributed by atoms with Gasteiger partial charge in [-0.3, -0.25) is 4.98 Å². The fourth-order valence-electron chi connectivity index (χ4n) is 4.65. The van der Waals surface area contributed by atoms with Crippen molar-refractivity contribution in [1.29, 1.82) is 5.26 Å². The number of aromatic nitrogens is 1. The van der Waals surface area contributed by atoms with Crippen molar-refractivity contribution in [2.45, 2.75) is 50.9 Å². The van der Waals surface area contributed by atoms with Gasteiger partial charge < -0.3 is 14.7 Å². The number of nitrogens with zero attached hydrogens (tertiary/aromatic N) is 3. The van der Waals surface area contributed by atoms with Crippen molar-refractivity contribution in [3.05, 3.63) is 89.4 Å². The summed E-state index contributed by atoms with van der Waals surface area (Å²) >= 11 is 0. The number of pyridine rings is 1. The molecule has 6 nitrogen and oxygen atoms in total. The summed E-state index contributed by atoms with van der Waals surface area (Å²) in [5.74, 6) is -0.371. The molecule has 0 spiro atoms. The lowest BCUT2D eigenvalue weighted by molar-refractivity contribution is -0.101. The quantitative estimate of drug-likeness (QED) is 0.495. The second-order valence-corrected chi connectivity index (χ2v) is 9.64. The number of halogens is 1. The minimum absolute atomic E-state index is 0.200. The second-order valence-electron chi connectivity index (χ2n) is 9.64. The summed E-state index contributed by atoms with van der Waals surface area (Å²) in [7, 11) is 0. The van der Waals surface area contributed by atoms with Gasteiger partial charge >= 0.3 is 6.09 Å². The lowest BCUT2D eigenvalue weighted by Gasteiger charge is -2.45. The van der Waals surface area contributed by atoms with Crippen LogP contribution >= 0.6 is 0 Å². The van der Waals surface area contributed by atoms with E-state index in [9.17, 15) is 14.3 Å². The van der Waals surface area contributed by atoms with Crippen LogP contribution in [0.4, 0.5) is 9.18 Å². The van der Waals surface area contributed by atoms with Crippen molar-refractivity contribution in [3.63, 3.8) is 0 Å². The lowest BCUT2D eigenvalue weighted by atomic mass is 9.80. The first-order chi connectivity index (χ1) is 16.6. The van der Waals surface area contributed by atoms with Gasteiger partial charge in [-0.1, -0.05) is 36.4 Å². The highest BCUT2D eigenvalue weighted by Crippen LogP contribution is 2.42. The summed E-state index contributed by atoms with van der Waals surface area (Å²) < 4.78 is 19.6. The molecular formula is C28H28FN3O3. The van der Waals surface area contributed by atoms with Gasteiger partial charge in [-0.05, 0) is 56.2 Å². The minimum atomic E-state index is -1.09. The number of amides is 1. The third kappa shape index (κ3) is 5.33. The van der Waals surface area contributed by atoms with Crippen LogP contribution in [-0.2, 0) is 10.3 Å². The fourth-order valence-corrected chi connectivity index (χ4v) is 4.65. The predicted molar refractivity (Wildman–Crippen MR) is 130 cm³/mol. The monoisotopic (exact) mass is 473 g/mol. The highest BCUT2D eigenvalue weighted by atomic mass is 19.1. The molecule has 1 N–H and O–H groups in total. The maximum atomic E-state index is 13.5. The second kappa shape index (κ2) is 9.47. The molecule has 3 aromatic rings. The molecule has 1 aromatic heterocycles. The number of rotatable bonds is 6. The number of aliphatic hydroxyl groups is 1. The van der Waals surface area contributed by atoms with Gasteiger partial charge in [-0.25, -0.2) is 9.18 Å². The molecule has 2 unspecified atom stereocenters. The van der Waals surface area contributed by atoms with Crippen LogP contribution in [-0.4, -0.2) is 33.2 Å². The van der Waals surface area contributed by atoms with E-state index in [1.165, 1.54) is 18.3 Å². The average Bonchev–Trinajstić information content (AvgIpc) is 2.83. The topological polar surface area (TPSA) is 86.5 Å². The number of hydrogen-bond donors (Lipinski definition) is 1. The SMILES string of the molecule is CC(c1ccc(-c2ccc(C#N)cn2)cc1)N1CCC(CC(C)(C)O)(c2ccc(F)cc2)OC1=O. The molecule has 0 saturated carbocycles. The maximum Gasteiger partial charge on any atom is 0.411 e. The van der Waals surface area contributed by atoms with E-state index >= 15 is 0 Å². The smallest absolute Gasteiger partial charge is 0.411 e. The summed E-state index contributed by atoms with van der Waals surface area (Å²) in [6, 6.07) is 19.0. The van der Waals surface area contributed by atoms with Gasteiger partial charge in [0.15, 0.2) is 0 Å². The Bertz CT molecular complexity index is 1230. The molecule has 1 amide bonds. The molecule has 0 radical (unpaired) electrons. The van der Waals surface area contributed by atoms with E-state index in [1.54, 1.807) is 43.0 Å². The van der Waals surface area contributed by atoms with Crippen molar-refractivity contribution >= 4 is 6.09 Å². The molecule has 1 aliphatic heterocycles. The molecule has 0 aliphatic carbocycles. The summed E-state index contributed by atoms with van der Waals surface area (Å²) in [6.45, 7) is 5.71. The summed E-state index contributed by atoms with van der Waals surface area (Å²) in [5.41, 5.74) is 1.66. The maximum absolute atomic E-state index is 13.5. The van der Waals surface area contributed by atoms with E-state index in [0.717, 1.165) is 16.8 Å². The summed E-state index contributed by atoms with van der Waals surface area (Å²) in [6.07, 6.45) is 1.73. The summed E-state index contributed by atoms with van der Waals surface area (Å²) in [4.78, 5) is 19.2. The molecule has 7 heteroatoms. The van der Waals surface area contributed by atoms with Gasteiger partial charge in [0.2, 0.25) is 0 Å². The van der Waals surface area contributed by atoms with Crippen LogP contribution in [0.3, 0.4) is 0 Å². The van der Waals surface area contributed by atoms with Crippen molar-refractivity contribution in [1.82, 2.24) is 9.88 Å². The van der Waals surface area contributed by atoms with Crippen LogP contribution < -0.4 is 0 Å². The van der Waals surface area contributed by atoms with Gasteiger partial charge in [0.25, 0.3) is 0 Å². The van der Waals surface area contributed by atoms with Crippen LogP contribution in [0.5, 0.6) is 0 Å². The van der Waals surface area contributed by atoms with E-state index in [1.807, 2.05) is 31.2 Å². The number of carbonyl (C=O) groups excluding carboxylic acids is 1. The third-order valence-electron chi connectivity index (χ3n) is 6.41. The van der Waals surface area contributed by atoms with Crippen LogP contribution in [0.25, 0.3) is 11.3 Å². The van der Waals surface area contributed by atoms with E-state index in [2.05, 4.69) is 11.1 Å². The first-order valence-electron chi connectivity index (χ1n) is 11.5. The summed E-state index contributed by atoms with van der Waals surface area (Å²) in [5, 5.41) is 19.5. The number of ether oxygens (including phenoxy) is 1. The Labute approximate surface area is 204 Å². The van der Waals surface area contributed by atoms with Gasteiger partial charge in [0.1, 0.15) is 17.5 Å². The molecule has 1 saturated heterocycles. The third-order valence-corrected chi connectivity index (χ3v) is 6.41. The van der Waals surface area contributed by atoms with Gasteiger partial charge in [0.05, 0.1) is 22.9 Å². The zero-order valence-electron chi connectivity index (χ0n) is 20.0. The normalized spacial score (nSPS) is 19.1. The fraction of sp³-hybridized carbons (Fsp3) is 0.321. The van der Waals surface area contributed by atoms with Crippen LogP contribution in [0, 0.1) is 17.1 Å². The van der Waals surface area contributed by atoms with Crippen molar-refractivity contribution < 1.29 is 19.0 Å². The molecule has 4 rings (SSSR count). The first-order valence-corrected chi connectivity index (χ1v) is 11.5. The molecular weight excluding hydrogens is 445 g/mol. The standard InChI is InChI=1S/C28H28FN3O3/c1-19(21-5-7-22(8-6-21)25-13-4-20(16-30)17-31-25)32-15-14-28(35-26(32)33,18-27(2,3)34)23-9-11-24(29)12-10-23/h4-13,17,19,34H,14-15,18H2,1-3H3. The van der Waals surface area contributed by atoms with Crippen LogP contribution in [0.2, 0.25) is 0 Å². The zero-order chi connectivity index (χ0) is 25.2. The molecule has 180 valence electrons. The van der Waals surface area contributed by atoms with Gasteiger partial charge in [0, 0.05) is 31.1 Å². The number of cyclic esters (lactones) is 1. The molecule has 2 heterocycles. The Hall–Kier alpha value is -3.76. The van der Waals surface area contributed by atoms with Crippen molar-refractivity contribution in [3.8, 4) is 17.3 Å². The molecule has 0 bridgehead atoms. The van der Waals surface area contributed by atoms with E-state index in [0.29, 0.717) is 24.1 Å². The Kier molecular flexibility index (Phi) is 6.60. The zero-order valence-corrected chi connectivity index (χ0v) is 20.0. The molecule has 1 aliphatic rings. The Morgan fingerprint density at radius 1 is 1.17 bits per heavy atom. The van der Waals surface area contributed by atoms with E-state index in [-0.39, 0.29) is 18.3 Å². The number of benzene rings is 2. The Morgan fingerprint density at radius 2 is 1.86 bits per heavy atom. The predicted octanol–water partition coefficient (Wildman–Crippen LogP) is 5.72. The number of nitriles is 1. The lowest BCUT2D eigenvalue weighted by Crippen LogP contribution is -2.51. The molecule has 2 atom stereocenters. The molecule has 1 fully saturated rings. The number of carbonyl (C=O) groups is 1. The molecule has 2 aromatic carbocycles. The highest BCUT2D eigenvalue weighted by molar-refractivity contribution is 5.70. The molecule has 35 heavy (non-hydrogen) atoms. The number of hydrogen-bond acceptors (Lipinski definition) is 5. The Balaban J connectivity index is 1.53. The van der Waals surface area contributed by atoms with E-state index in [4.69, 9.17) is 10.00 Å².